The third-order valence-corrected chi connectivity index (χ3v) is 4.46. The van der Waals surface area contributed by atoms with Crippen molar-refractivity contribution < 1.29 is 12.6 Å². The van der Waals surface area contributed by atoms with Crippen molar-refractivity contribution >= 4 is 20.8 Å². The number of allylic oxidation sites excluding steroid dienone is 2. The van der Waals surface area contributed by atoms with E-state index in [2.05, 4.69) is 4.72 Å². The lowest BCUT2D eigenvalue weighted by atomic mass is 10.3. The van der Waals surface area contributed by atoms with Crippen LogP contribution in [0.15, 0.2) is 22.8 Å². The molecule has 0 aromatic rings. The van der Waals surface area contributed by atoms with Crippen molar-refractivity contribution in [2.75, 3.05) is 6.26 Å². The highest BCUT2D eigenvalue weighted by molar-refractivity contribution is 7.91. The van der Waals surface area contributed by atoms with Crippen LogP contribution in [0.25, 0.3) is 0 Å². The molecule has 0 saturated heterocycles. The first kappa shape index (κ1) is 13.4. The molecule has 1 aliphatic carbocycles. The van der Waals surface area contributed by atoms with Crippen molar-refractivity contribution in [3.63, 3.8) is 0 Å². The van der Waals surface area contributed by atoms with Gasteiger partial charge in [-0.05, 0) is 26.8 Å². The molecule has 6 heteroatoms. The maximum Gasteiger partial charge on any atom is 0.229 e. The average Bonchev–Trinajstić information content (AvgIpc) is 2.46. The van der Waals surface area contributed by atoms with Crippen LogP contribution in [0.3, 0.4) is 0 Å². The van der Waals surface area contributed by atoms with Gasteiger partial charge in [0.1, 0.15) is 0 Å². The van der Waals surface area contributed by atoms with Crippen molar-refractivity contribution in [3.05, 3.63) is 22.8 Å². The minimum atomic E-state index is -3.30. The second kappa shape index (κ2) is 4.33. The number of rotatable bonds is 3. The summed E-state index contributed by atoms with van der Waals surface area (Å²) < 4.78 is 36.4. The monoisotopic (exact) mass is 263 g/mol. The summed E-state index contributed by atoms with van der Waals surface area (Å²) in [4.78, 5) is 0.581. The first-order valence-corrected chi connectivity index (χ1v) is 7.95. The number of hydrogen-bond acceptors (Lipinski definition) is 3. The van der Waals surface area contributed by atoms with E-state index in [0.717, 1.165) is 6.26 Å². The van der Waals surface area contributed by atoms with E-state index in [1.165, 1.54) is 0 Å². The lowest BCUT2D eigenvalue weighted by Gasteiger charge is -2.19. The van der Waals surface area contributed by atoms with Gasteiger partial charge in [0.2, 0.25) is 10.0 Å². The Morgan fingerprint density at radius 3 is 2.38 bits per heavy atom. The molecule has 0 fully saturated rings. The molecule has 0 heterocycles. The van der Waals surface area contributed by atoms with Crippen LogP contribution in [0.2, 0.25) is 0 Å². The van der Waals surface area contributed by atoms with Gasteiger partial charge >= 0.3 is 0 Å². The van der Waals surface area contributed by atoms with Crippen LogP contribution >= 0.6 is 0 Å². The Bertz CT molecular complexity index is 467. The molecule has 0 amide bonds. The lowest BCUT2D eigenvalue weighted by molar-refractivity contribution is 0.594. The van der Waals surface area contributed by atoms with E-state index < -0.39 is 25.6 Å². The van der Waals surface area contributed by atoms with Gasteiger partial charge in [0.05, 0.1) is 22.0 Å². The van der Waals surface area contributed by atoms with Crippen molar-refractivity contribution in [1.29, 1.82) is 0 Å². The van der Waals surface area contributed by atoms with E-state index in [1.807, 2.05) is 26.8 Å². The zero-order chi connectivity index (χ0) is 12.6. The molecule has 0 aromatic carbocycles. The Morgan fingerprint density at radius 1 is 1.38 bits per heavy atom. The SMILES string of the molecule is CC(C)(C)S(=O)C1=C(NS(C)(=O)=O)CC=C1. The molecule has 0 radical (unpaired) electrons. The lowest BCUT2D eigenvalue weighted by Crippen LogP contribution is -2.27. The molecule has 0 bridgehead atoms. The highest BCUT2D eigenvalue weighted by atomic mass is 32.2. The molecule has 1 unspecified atom stereocenters. The zero-order valence-corrected chi connectivity index (χ0v) is 11.5. The van der Waals surface area contributed by atoms with E-state index in [9.17, 15) is 12.6 Å². The van der Waals surface area contributed by atoms with Crippen molar-refractivity contribution in [1.82, 2.24) is 4.72 Å². The van der Waals surface area contributed by atoms with Gasteiger partial charge < -0.3 is 0 Å². The van der Waals surface area contributed by atoms with Crippen LogP contribution in [-0.4, -0.2) is 23.6 Å². The van der Waals surface area contributed by atoms with Crippen LogP contribution in [0.4, 0.5) is 0 Å². The minimum absolute atomic E-state index is 0.394. The Balaban J connectivity index is 3.05. The molecule has 1 atom stereocenters. The third-order valence-electron chi connectivity index (χ3n) is 1.95. The topological polar surface area (TPSA) is 63.2 Å². The molecule has 1 N–H and O–H groups in total. The summed E-state index contributed by atoms with van der Waals surface area (Å²) >= 11 is 0. The predicted octanol–water partition coefficient (Wildman–Crippen LogP) is 1.25. The molecule has 0 aliphatic heterocycles. The van der Waals surface area contributed by atoms with E-state index in [0.29, 0.717) is 17.0 Å². The molecular weight excluding hydrogens is 246 g/mol. The van der Waals surface area contributed by atoms with Gasteiger partial charge in [0, 0.05) is 16.9 Å². The number of nitrogens with one attached hydrogen (secondary N) is 1. The second-order valence-corrected chi connectivity index (χ2v) is 8.66. The summed E-state index contributed by atoms with van der Waals surface area (Å²) in [5, 5.41) is 0. The highest BCUT2D eigenvalue weighted by Gasteiger charge is 2.26. The summed E-state index contributed by atoms with van der Waals surface area (Å²) in [7, 11) is -4.51. The van der Waals surface area contributed by atoms with Crippen molar-refractivity contribution in [2.24, 2.45) is 0 Å². The predicted molar refractivity (Wildman–Crippen MR) is 66.7 cm³/mol. The van der Waals surface area contributed by atoms with Gasteiger partial charge in [-0.3, -0.25) is 8.93 Å². The second-order valence-electron chi connectivity index (χ2n) is 4.70. The molecule has 0 spiro atoms. The van der Waals surface area contributed by atoms with Gasteiger partial charge in [-0.1, -0.05) is 6.08 Å². The summed E-state index contributed by atoms with van der Waals surface area (Å²) in [6.45, 7) is 5.58. The maximum absolute atomic E-state index is 12.1. The van der Waals surface area contributed by atoms with Gasteiger partial charge in [-0.15, -0.1) is 0 Å². The Hall–Kier alpha value is -0.620. The largest absolute Gasteiger partial charge is 0.286 e. The summed E-state index contributed by atoms with van der Waals surface area (Å²) in [6, 6.07) is 0. The zero-order valence-electron chi connectivity index (χ0n) is 9.90. The summed E-state index contributed by atoms with van der Waals surface area (Å²) in [5.41, 5.74) is 0.524. The maximum atomic E-state index is 12.1. The van der Waals surface area contributed by atoms with E-state index >= 15 is 0 Å². The average molecular weight is 263 g/mol. The molecule has 16 heavy (non-hydrogen) atoms. The Labute approximate surface area is 99.3 Å². The quantitative estimate of drug-likeness (QED) is 0.833. The van der Waals surface area contributed by atoms with Crippen LogP contribution in [0, 0.1) is 0 Å². The van der Waals surface area contributed by atoms with Gasteiger partial charge in [-0.25, -0.2) is 8.42 Å². The summed E-state index contributed by atoms with van der Waals surface area (Å²) in [5.74, 6) is 0. The summed E-state index contributed by atoms with van der Waals surface area (Å²) in [6.07, 6.45) is 5.13. The van der Waals surface area contributed by atoms with Gasteiger partial charge in [-0.2, -0.15) is 0 Å². The fourth-order valence-electron chi connectivity index (χ4n) is 1.30. The molecule has 92 valence electrons. The van der Waals surface area contributed by atoms with Crippen LogP contribution in [-0.2, 0) is 20.8 Å². The van der Waals surface area contributed by atoms with E-state index in [1.54, 1.807) is 6.08 Å². The van der Waals surface area contributed by atoms with Crippen LogP contribution < -0.4 is 4.72 Å². The smallest absolute Gasteiger partial charge is 0.229 e. The van der Waals surface area contributed by atoms with Crippen LogP contribution in [0.5, 0.6) is 0 Å². The first-order valence-electron chi connectivity index (χ1n) is 4.90. The third kappa shape index (κ3) is 3.45. The number of hydrogen-bond donors (Lipinski definition) is 1. The highest BCUT2D eigenvalue weighted by Crippen LogP contribution is 2.27. The normalized spacial score (nSPS) is 19.0. The molecule has 4 nitrogen and oxygen atoms in total. The van der Waals surface area contributed by atoms with E-state index in [-0.39, 0.29) is 0 Å². The van der Waals surface area contributed by atoms with Gasteiger partial charge in [0.15, 0.2) is 0 Å². The molecule has 0 aromatic heterocycles. The van der Waals surface area contributed by atoms with Crippen molar-refractivity contribution in [2.45, 2.75) is 31.9 Å². The molecular formula is C10H17NO3S2. The van der Waals surface area contributed by atoms with Gasteiger partial charge in [0.25, 0.3) is 0 Å². The molecule has 0 saturated carbocycles. The standard InChI is InChI=1S/C10H17NO3S2/c1-10(2,3)15(12)9-7-5-6-8(9)11-16(4,13)14/h5,7,11H,6H2,1-4H3. The Morgan fingerprint density at radius 2 is 1.94 bits per heavy atom. The first-order chi connectivity index (χ1) is 7.11. The molecule has 1 rings (SSSR count). The Kier molecular flexibility index (Phi) is 3.64. The number of sulfonamides is 1. The fourth-order valence-corrected chi connectivity index (χ4v) is 3.25. The van der Waals surface area contributed by atoms with E-state index in [4.69, 9.17) is 0 Å². The minimum Gasteiger partial charge on any atom is -0.286 e. The van der Waals surface area contributed by atoms with Crippen LogP contribution in [0.1, 0.15) is 27.2 Å². The molecule has 1 aliphatic rings. The fraction of sp³-hybridized carbons (Fsp3) is 0.600. The van der Waals surface area contributed by atoms with Crippen molar-refractivity contribution in [3.8, 4) is 0 Å².